The lowest BCUT2D eigenvalue weighted by molar-refractivity contribution is 0.0685. The van der Waals surface area contributed by atoms with Crippen molar-refractivity contribution in [1.82, 2.24) is 0 Å². The molecule has 0 aromatic carbocycles. The third-order valence-electron chi connectivity index (χ3n) is 4.57. The second-order valence-electron chi connectivity index (χ2n) is 6.91. The zero-order chi connectivity index (χ0) is 16.8. The van der Waals surface area contributed by atoms with Crippen molar-refractivity contribution in [3.8, 4) is 0 Å². The van der Waals surface area contributed by atoms with Crippen LogP contribution in [-0.2, 0) is 9.47 Å². The van der Waals surface area contributed by atoms with Crippen molar-refractivity contribution < 1.29 is 9.47 Å². The summed E-state index contributed by atoms with van der Waals surface area (Å²) in [5.74, 6) is 0. The fourth-order valence-corrected chi connectivity index (χ4v) is 3.00. The van der Waals surface area contributed by atoms with Gasteiger partial charge in [0.2, 0.25) is 0 Å². The third kappa shape index (κ3) is 21.9. The Morgan fingerprint density at radius 1 is 0.435 bits per heavy atom. The molecule has 0 unspecified atom stereocenters. The van der Waals surface area contributed by atoms with E-state index in [1.165, 1.54) is 103 Å². The van der Waals surface area contributed by atoms with Gasteiger partial charge < -0.3 is 9.47 Å². The first-order valence-electron chi connectivity index (χ1n) is 10.5. The van der Waals surface area contributed by atoms with Crippen LogP contribution >= 0.6 is 0 Å². The highest BCUT2D eigenvalue weighted by atomic mass is 16.5. The molecule has 0 amide bonds. The maximum absolute atomic E-state index is 5.47. The molecular formula is C21H44O2. The number of hydrogen-bond acceptors (Lipinski definition) is 2. The van der Waals surface area contributed by atoms with E-state index >= 15 is 0 Å². The van der Waals surface area contributed by atoms with E-state index in [9.17, 15) is 0 Å². The van der Waals surface area contributed by atoms with Crippen LogP contribution in [0.4, 0.5) is 0 Å². The molecule has 0 N–H and O–H groups in total. The summed E-state index contributed by atoms with van der Waals surface area (Å²) >= 11 is 0. The van der Waals surface area contributed by atoms with E-state index in [2.05, 4.69) is 6.92 Å². The molecule has 0 rings (SSSR count). The topological polar surface area (TPSA) is 18.5 Å². The largest absolute Gasteiger partial charge is 0.382 e. The average Bonchev–Trinajstić information content (AvgIpc) is 2.57. The van der Waals surface area contributed by atoms with Crippen molar-refractivity contribution in [3.63, 3.8) is 0 Å². The second-order valence-corrected chi connectivity index (χ2v) is 6.91. The predicted octanol–water partition coefficient (Wildman–Crippen LogP) is 6.91. The van der Waals surface area contributed by atoms with Crippen LogP contribution in [0.2, 0.25) is 0 Å². The summed E-state index contributed by atoms with van der Waals surface area (Å²) in [6.45, 7) is 4.66. The van der Waals surface area contributed by atoms with Crippen molar-refractivity contribution in [1.29, 1.82) is 0 Å². The molecule has 0 aliphatic heterocycles. The summed E-state index contributed by atoms with van der Waals surface area (Å²) in [7, 11) is 1.72. The van der Waals surface area contributed by atoms with Crippen molar-refractivity contribution in [2.45, 2.75) is 110 Å². The number of ether oxygens (including phenoxy) is 2. The first-order chi connectivity index (χ1) is 11.4. The van der Waals surface area contributed by atoms with Gasteiger partial charge in [0.15, 0.2) is 0 Å². The van der Waals surface area contributed by atoms with Gasteiger partial charge in [-0.1, -0.05) is 103 Å². The molecule has 140 valence electrons. The molecule has 0 aliphatic carbocycles. The molecule has 0 radical (unpaired) electrons. The molecule has 0 bridgehead atoms. The van der Waals surface area contributed by atoms with Crippen LogP contribution < -0.4 is 0 Å². The van der Waals surface area contributed by atoms with Gasteiger partial charge in [-0.2, -0.15) is 0 Å². The molecule has 23 heavy (non-hydrogen) atoms. The van der Waals surface area contributed by atoms with Gasteiger partial charge in [-0.25, -0.2) is 0 Å². The molecule has 0 fully saturated rings. The molecule has 2 nitrogen and oxygen atoms in total. The lowest BCUT2D eigenvalue weighted by Gasteiger charge is -2.04. The van der Waals surface area contributed by atoms with Crippen LogP contribution in [0, 0.1) is 0 Å². The van der Waals surface area contributed by atoms with Gasteiger partial charge in [0.05, 0.1) is 13.2 Å². The molecule has 0 saturated heterocycles. The second kappa shape index (κ2) is 21.9. The normalized spacial score (nSPS) is 11.2. The Kier molecular flexibility index (Phi) is 21.8. The van der Waals surface area contributed by atoms with E-state index < -0.39 is 0 Å². The third-order valence-corrected chi connectivity index (χ3v) is 4.57. The molecule has 0 spiro atoms. The maximum Gasteiger partial charge on any atom is 0.0700 e. The smallest absolute Gasteiger partial charge is 0.0700 e. The Morgan fingerprint density at radius 2 is 0.826 bits per heavy atom. The van der Waals surface area contributed by atoms with E-state index in [4.69, 9.17) is 9.47 Å². The highest BCUT2D eigenvalue weighted by molar-refractivity contribution is 4.50. The zero-order valence-electron chi connectivity index (χ0n) is 16.3. The van der Waals surface area contributed by atoms with Gasteiger partial charge in [0.1, 0.15) is 0 Å². The molecule has 0 aliphatic rings. The molecule has 0 atom stereocenters. The molecule has 0 saturated carbocycles. The SMILES string of the molecule is CCCCCCCCCCCCCCCCCCOCCOC. The lowest BCUT2D eigenvalue weighted by Crippen LogP contribution is -2.02. The van der Waals surface area contributed by atoms with Crippen LogP contribution in [0.25, 0.3) is 0 Å². The van der Waals surface area contributed by atoms with E-state index in [0.29, 0.717) is 0 Å². The molecule has 0 heterocycles. The van der Waals surface area contributed by atoms with Crippen LogP contribution in [0.5, 0.6) is 0 Å². The minimum absolute atomic E-state index is 0.721. The van der Waals surface area contributed by atoms with E-state index in [-0.39, 0.29) is 0 Å². The van der Waals surface area contributed by atoms with Crippen molar-refractivity contribution in [2.75, 3.05) is 26.9 Å². The number of hydrogen-bond donors (Lipinski definition) is 0. The maximum atomic E-state index is 5.47. The Balaban J connectivity index is 2.92. The summed E-state index contributed by atoms with van der Waals surface area (Å²) in [5.41, 5.74) is 0. The van der Waals surface area contributed by atoms with Gasteiger partial charge in [0.25, 0.3) is 0 Å². The molecular weight excluding hydrogens is 284 g/mol. The Labute approximate surface area is 146 Å². The number of rotatable bonds is 20. The standard InChI is InChI=1S/C21H44O2/c1-3-4-5-6-7-8-9-10-11-12-13-14-15-16-17-18-19-23-21-20-22-2/h3-21H2,1-2H3. The van der Waals surface area contributed by atoms with Gasteiger partial charge in [-0.3, -0.25) is 0 Å². The van der Waals surface area contributed by atoms with Crippen LogP contribution in [-0.4, -0.2) is 26.9 Å². The summed E-state index contributed by atoms with van der Waals surface area (Å²) in [5, 5.41) is 0. The highest BCUT2D eigenvalue weighted by Crippen LogP contribution is 2.13. The molecule has 0 aromatic rings. The fraction of sp³-hybridized carbons (Fsp3) is 1.00. The summed E-state index contributed by atoms with van der Waals surface area (Å²) in [4.78, 5) is 0. The van der Waals surface area contributed by atoms with Crippen LogP contribution in [0.3, 0.4) is 0 Å². The van der Waals surface area contributed by atoms with Crippen molar-refractivity contribution in [2.24, 2.45) is 0 Å². The van der Waals surface area contributed by atoms with Crippen LogP contribution in [0.15, 0.2) is 0 Å². The van der Waals surface area contributed by atoms with Gasteiger partial charge in [-0.15, -0.1) is 0 Å². The van der Waals surface area contributed by atoms with E-state index in [1.54, 1.807) is 7.11 Å². The minimum Gasteiger partial charge on any atom is -0.382 e. The number of methoxy groups -OCH3 is 1. The monoisotopic (exact) mass is 328 g/mol. The van der Waals surface area contributed by atoms with Crippen molar-refractivity contribution >= 4 is 0 Å². The number of unbranched alkanes of at least 4 members (excludes halogenated alkanes) is 15. The summed E-state index contributed by atoms with van der Waals surface area (Å²) in [6.07, 6.45) is 22.7. The van der Waals surface area contributed by atoms with Crippen molar-refractivity contribution in [3.05, 3.63) is 0 Å². The summed E-state index contributed by atoms with van der Waals surface area (Å²) < 4.78 is 10.4. The lowest BCUT2D eigenvalue weighted by atomic mass is 10.0. The van der Waals surface area contributed by atoms with Gasteiger partial charge >= 0.3 is 0 Å². The average molecular weight is 329 g/mol. The molecule has 2 heteroatoms. The Hall–Kier alpha value is -0.0800. The van der Waals surface area contributed by atoms with E-state index in [1.807, 2.05) is 0 Å². The highest BCUT2D eigenvalue weighted by Gasteiger charge is 1.95. The first kappa shape index (κ1) is 22.9. The zero-order valence-corrected chi connectivity index (χ0v) is 16.3. The Bertz CT molecular complexity index is 174. The predicted molar refractivity (Wildman–Crippen MR) is 102 cm³/mol. The van der Waals surface area contributed by atoms with Gasteiger partial charge in [-0.05, 0) is 6.42 Å². The Morgan fingerprint density at radius 3 is 1.22 bits per heavy atom. The van der Waals surface area contributed by atoms with Crippen LogP contribution in [0.1, 0.15) is 110 Å². The molecule has 0 aromatic heterocycles. The quantitative estimate of drug-likeness (QED) is 0.226. The van der Waals surface area contributed by atoms with E-state index in [0.717, 1.165) is 19.8 Å². The minimum atomic E-state index is 0.721. The van der Waals surface area contributed by atoms with Gasteiger partial charge in [0, 0.05) is 13.7 Å². The fourth-order valence-electron chi connectivity index (χ4n) is 3.00. The summed E-state index contributed by atoms with van der Waals surface area (Å²) in [6, 6.07) is 0. The first-order valence-corrected chi connectivity index (χ1v) is 10.5.